The van der Waals surface area contributed by atoms with Gasteiger partial charge in [-0.3, -0.25) is 0 Å². The van der Waals surface area contributed by atoms with Crippen LogP contribution in [0.4, 0.5) is 6.01 Å². The molecule has 0 saturated carbocycles. The number of hydrogen-bond donors (Lipinski definition) is 2. The molecule has 5 nitrogen and oxygen atoms in total. The van der Waals surface area contributed by atoms with Gasteiger partial charge in [0.15, 0.2) is 0 Å². The zero-order chi connectivity index (χ0) is 12.8. The highest BCUT2D eigenvalue weighted by Gasteiger charge is 2.04. The van der Waals surface area contributed by atoms with E-state index in [1.165, 1.54) is 0 Å². The normalized spacial score (nSPS) is 10.5. The highest BCUT2D eigenvalue weighted by molar-refractivity contribution is 6.17. The Morgan fingerprint density at radius 1 is 1.17 bits per heavy atom. The van der Waals surface area contributed by atoms with Gasteiger partial charge in [-0.25, -0.2) is 0 Å². The number of benzene rings is 1. The molecule has 0 fully saturated rings. The third-order valence-electron chi connectivity index (χ3n) is 2.40. The predicted octanol–water partition coefficient (Wildman–Crippen LogP) is 2.21. The molecule has 0 bridgehead atoms. The molecule has 1 aromatic carbocycles. The number of aromatic hydroxyl groups is 1. The molecule has 2 aromatic rings. The summed E-state index contributed by atoms with van der Waals surface area (Å²) < 4.78 is 5.32. The molecule has 0 aliphatic carbocycles. The van der Waals surface area contributed by atoms with Crippen molar-refractivity contribution in [2.24, 2.45) is 0 Å². The van der Waals surface area contributed by atoms with E-state index >= 15 is 0 Å². The molecule has 2 N–H and O–H groups in total. The van der Waals surface area contributed by atoms with Crippen LogP contribution in [0.15, 0.2) is 28.7 Å². The lowest BCUT2D eigenvalue weighted by atomic mass is 10.1. The number of alkyl halides is 1. The maximum Gasteiger partial charge on any atom is 0.315 e. The van der Waals surface area contributed by atoms with Crippen molar-refractivity contribution in [3.63, 3.8) is 0 Å². The fraction of sp³-hybridized carbons (Fsp3) is 0.333. The minimum atomic E-state index is 0.273. The van der Waals surface area contributed by atoms with Gasteiger partial charge in [-0.1, -0.05) is 17.2 Å². The monoisotopic (exact) mass is 267 g/mol. The molecule has 18 heavy (non-hydrogen) atoms. The summed E-state index contributed by atoms with van der Waals surface area (Å²) in [6.45, 7) is 0.688. The number of nitrogens with zero attached hydrogens (tertiary/aromatic N) is 2. The molecule has 1 heterocycles. The number of phenols is 1. The summed E-state index contributed by atoms with van der Waals surface area (Å²) in [5.41, 5.74) is 1.13. The van der Waals surface area contributed by atoms with E-state index in [1.54, 1.807) is 12.1 Å². The zero-order valence-corrected chi connectivity index (χ0v) is 10.5. The lowest BCUT2D eigenvalue weighted by Gasteiger charge is -2.02. The van der Waals surface area contributed by atoms with E-state index in [9.17, 15) is 0 Å². The summed E-state index contributed by atoms with van der Waals surface area (Å²) in [5, 5.41) is 19.9. The first-order valence-electron chi connectivity index (χ1n) is 5.68. The standard InChI is InChI=1S/C12H14ClN3O2/c13-7-5-11-15-16-12(18-11)14-8-6-9-1-3-10(17)4-2-9/h1-4,17H,5-8H2,(H,14,16). The van der Waals surface area contributed by atoms with Crippen molar-refractivity contribution in [3.05, 3.63) is 35.7 Å². The van der Waals surface area contributed by atoms with Crippen molar-refractivity contribution in [1.29, 1.82) is 0 Å². The molecule has 2 rings (SSSR count). The van der Waals surface area contributed by atoms with E-state index in [0.717, 1.165) is 12.0 Å². The molecule has 0 aliphatic heterocycles. The van der Waals surface area contributed by atoms with Crippen molar-refractivity contribution >= 4 is 17.6 Å². The van der Waals surface area contributed by atoms with Gasteiger partial charge in [-0.15, -0.1) is 16.7 Å². The van der Waals surface area contributed by atoms with Crippen LogP contribution in [-0.2, 0) is 12.8 Å². The number of phenolic OH excluding ortho intramolecular Hbond substituents is 1. The second kappa shape index (κ2) is 6.26. The average molecular weight is 268 g/mol. The number of rotatable bonds is 6. The van der Waals surface area contributed by atoms with Gasteiger partial charge >= 0.3 is 6.01 Å². The van der Waals surface area contributed by atoms with Crippen LogP contribution in [0.5, 0.6) is 5.75 Å². The Labute approximate surface area is 110 Å². The summed E-state index contributed by atoms with van der Waals surface area (Å²) in [6, 6.07) is 7.50. The Morgan fingerprint density at radius 2 is 1.94 bits per heavy atom. The van der Waals surface area contributed by atoms with Crippen LogP contribution in [0.25, 0.3) is 0 Å². The number of anilines is 1. The van der Waals surface area contributed by atoms with Crippen LogP contribution in [0.3, 0.4) is 0 Å². The van der Waals surface area contributed by atoms with Crippen molar-refractivity contribution < 1.29 is 9.52 Å². The van der Waals surface area contributed by atoms with E-state index in [0.29, 0.717) is 30.8 Å². The summed E-state index contributed by atoms with van der Waals surface area (Å²) in [5.74, 6) is 1.28. The van der Waals surface area contributed by atoms with Crippen molar-refractivity contribution in [2.45, 2.75) is 12.8 Å². The summed E-state index contributed by atoms with van der Waals surface area (Å²) in [4.78, 5) is 0. The maximum atomic E-state index is 9.15. The van der Waals surface area contributed by atoms with Gasteiger partial charge in [0.2, 0.25) is 5.89 Å². The van der Waals surface area contributed by atoms with Gasteiger partial charge in [-0.2, -0.15) is 0 Å². The Balaban J connectivity index is 1.79. The van der Waals surface area contributed by atoms with Gasteiger partial charge in [0.1, 0.15) is 5.75 Å². The summed E-state index contributed by atoms with van der Waals surface area (Å²) in [7, 11) is 0. The van der Waals surface area contributed by atoms with Gasteiger partial charge in [0, 0.05) is 18.8 Å². The summed E-state index contributed by atoms with van der Waals surface area (Å²) in [6.07, 6.45) is 1.39. The van der Waals surface area contributed by atoms with E-state index in [-0.39, 0.29) is 5.75 Å². The largest absolute Gasteiger partial charge is 0.508 e. The molecule has 0 aliphatic rings. The third-order valence-corrected chi connectivity index (χ3v) is 2.59. The second-order valence-electron chi connectivity index (χ2n) is 3.78. The van der Waals surface area contributed by atoms with E-state index in [1.807, 2.05) is 12.1 Å². The molecule has 96 valence electrons. The first kappa shape index (κ1) is 12.7. The SMILES string of the molecule is Oc1ccc(CCNc2nnc(CCCl)o2)cc1. The molecule has 0 spiro atoms. The maximum absolute atomic E-state index is 9.15. The molecule has 0 saturated heterocycles. The quantitative estimate of drug-likeness (QED) is 0.785. The van der Waals surface area contributed by atoms with E-state index < -0.39 is 0 Å². The van der Waals surface area contributed by atoms with Crippen LogP contribution in [0.2, 0.25) is 0 Å². The first-order chi connectivity index (χ1) is 8.78. The highest BCUT2D eigenvalue weighted by atomic mass is 35.5. The summed E-state index contributed by atoms with van der Waals surface area (Å²) >= 11 is 5.57. The smallest absolute Gasteiger partial charge is 0.315 e. The van der Waals surface area contributed by atoms with Crippen LogP contribution in [-0.4, -0.2) is 27.7 Å². The number of nitrogens with one attached hydrogen (secondary N) is 1. The fourth-order valence-corrected chi connectivity index (χ4v) is 1.64. The van der Waals surface area contributed by atoms with Crippen molar-refractivity contribution in [2.75, 3.05) is 17.7 Å². The predicted molar refractivity (Wildman–Crippen MR) is 69.0 cm³/mol. The lowest BCUT2D eigenvalue weighted by Crippen LogP contribution is -2.04. The minimum Gasteiger partial charge on any atom is -0.508 e. The molecular formula is C12H14ClN3O2. The van der Waals surface area contributed by atoms with Crippen molar-refractivity contribution in [3.8, 4) is 5.75 Å². The number of hydrogen-bond acceptors (Lipinski definition) is 5. The molecule has 0 unspecified atom stereocenters. The lowest BCUT2D eigenvalue weighted by molar-refractivity contribution is 0.475. The molecule has 1 aromatic heterocycles. The van der Waals surface area contributed by atoms with Gasteiger partial charge in [0.25, 0.3) is 0 Å². The van der Waals surface area contributed by atoms with E-state index in [2.05, 4.69) is 15.5 Å². The number of aryl methyl sites for hydroxylation is 1. The molecule has 0 atom stereocenters. The zero-order valence-electron chi connectivity index (χ0n) is 9.77. The van der Waals surface area contributed by atoms with Crippen LogP contribution in [0, 0.1) is 0 Å². The second-order valence-corrected chi connectivity index (χ2v) is 4.16. The van der Waals surface area contributed by atoms with Crippen molar-refractivity contribution in [1.82, 2.24) is 10.2 Å². The van der Waals surface area contributed by atoms with Crippen LogP contribution >= 0.6 is 11.6 Å². The van der Waals surface area contributed by atoms with E-state index in [4.69, 9.17) is 21.1 Å². The minimum absolute atomic E-state index is 0.273. The van der Waals surface area contributed by atoms with Gasteiger partial charge in [0.05, 0.1) is 0 Å². The molecular weight excluding hydrogens is 254 g/mol. The fourth-order valence-electron chi connectivity index (χ4n) is 1.48. The molecule has 0 amide bonds. The topological polar surface area (TPSA) is 71.2 Å². The highest BCUT2D eigenvalue weighted by Crippen LogP contribution is 2.11. The molecule has 6 heteroatoms. The van der Waals surface area contributed by atoms with Crippen LogP contribution in [0.1, 0.15) is 11.5 Å². The van der Waals surface area contributed by atoms with Gasteiger partial charge < -0.3 is 14.8 Å². The third kappa shape index (κ3) is 3.63. The first-order valence-corrected chi connectivity index (χ1v) is 6.21. The molecule has 0 radical (unpaired) electrons. The van der Waals surface area contributed by atoms with Crippen LogP contribution < -0.4 is 5.32 Å². The number of halogens is 1. The Morgan fingerprint density at radius 3 is 2.67 bits per heavy atom. The Hall–Kier alpha value is -1.75. The van der Waals surface area contributed by atoms with Gasteiger partial charge in [-0.05, 0) is 24.1 Å². The average Bonchev–Trinajstić information content (AvgIpc) is 2.80. The Bertz CT molecular complexity index is 484. The Kier molecular flexibility index (Phi) is 4.41. The number of aromatic nitrogens is 2.